The maximum atomic E-state index is 10.9. The van der Waals surface area contributed by atoms with Crippen molar-refractivity contribution in [1.82, 2.24) is 15.1 Å². The molecule has 0 aromatic carbocycles. The van der Waals surface area contributed by atoms with Gasteiger partial charge in [-0.25, -0.2) is 4.79 Å². The summed E-state index contributed by atoms with van der Waals surface area (Å²) in [5, 5.41) is 16.7. The van der Waals surface area contributed by atoms with Gasteiger partial charge in [-0.2, -0.15) is 5.10 Å². The van der Waals surface area contributed by atoms with Gasteiger partial charge in [0.2, 0.25) is 0 Å². The highest BCUT2D eigenvalue weighted by Crippen LogP contribution is 2.21. The average molecular weight is 293 g/mol. The van der Waals surface area contributed by atoms with Gasteiger partial charge in [-0.05, 0) is 32.4 Å². The molecule has 0 saturated carbocycles. The van der Waals surface area contributed by atoms with E-state index in [0.717, 1.165) is 28.4 Å². The van der Waals surface area contributed by atoms with Crippen molar-refractivity contribution in [3.63, 3.8) is 0 Å². The van der Waals surface area contributed by atoms with Crippen molar-refractivity contribution in [2.45, 2.75) is 33.9 Å². The van der Waals surface area contributed by atoms with Gasteiger partial charge in [0.1, 0.15) is 4.88 Å². The quantitative estimate of drug-likeness (QED) is 0.888. The standard InChI is InChI=1S/C14H19N3O2S/c1-8-12(9(2)17(4)16-8)7-15-6-11-5-13(14(18)19)20-10(11)3/h5,15H,6-7H2,1-4H3,(H,18,19). The molecule has 0 saturated heterocycles. The molecule has 0 aliphatic rings. The Morgan fingerprint density at radius 2 is 2.10 bits per heavy atom. The van der Waals surface area contributed by atoms with E-state index < -0.39 is 5.97 Å². The summed E-state index contributed by atoms with van der Waals surface area (Å²) in [5.41, 5.74) is 4.44. The van der Waals surface area contributed by atoms with Crippen LogP contribution in [0.5, 0.6) is 0 Å². The number of carboxylic acid groups (broad SMARTS) is 1. The fourth-order valence-electron chi connectivity index (χ4n) is 2.20. The largest absolute Gasteiger partial charge is 0.477 e. The molecule has 0 bridgehead atoms. The first kappa shape index (κ1) is 14.7. The fraction of sp³-hybridized carbons (Fsp3) is 0.429. The highest BCUT2D eigenvalue weighted by atomic mass is 32.1. The van der Waals surface area contributed by atoms with E-state index in [-0.39, 0.29) is 0 Å². The lowest BCUT2D eigenvalue weighted by Crippen LogP contribution is -2.14. The molecule has 2 rings (SSSR count). The van der Waals surface area contributed by atoms with Gasteiger partial charge in [-0.1, -0.05) is 0 Å². The molecule has 0 fully saturated rings. The number of hydrogen-bond donors (Lipinski definition) is 2. The van der Waals surface area contributed by atoms with Crippen LogP contribution in [0.2, 0.25) is 0 Å². The van der Waals surface area contributed by atoms with E-state index in [0.29, 0.717) is 11.4 Å². The number of aromatic nitrogens is 2. The number of nitrogens with zero attached hydrogens (tertiary/aromatic N) is 2. The minimum atomic E-state index is -0.858. The first-order valence-corrected chi connectivity index (χ1v) is 7.24. The van der Waals surface area contributed by atoms with Gasteiger partial charge in [-0.3, -0.25) is 4.68 Å². The van der Waals surface area contributed by atoms with Crippen LogP contribution in [-0.2, 0) is 20.1 Å². The zero-order chi connectivity index (χ0) is 14.9. The second-order valence-corrected chi connectivity index (χ2v) is 6.13. The van der Waals surface area contributed by atoms with Gasteiger partial charge in [0, 0.05) is 36.3 Å². The Hall–Kier alpha value is -1.66. The first-order chi connectivity index (χ1) is 9.40. The molecule has 2 aromatic heterocycles. The second-order valence-electron chi connectivity index (χ2n) is 4.87. The maximum absolute atomic E-state index is 10.9. The Kier molecular flexibility index (Phi) is 4.25. The Bertz CT molecular complexity index is 643. The van der Waals surface area contributed by atoms with Crippen molar-refractivity contribution < 1.29 is 9.90 Å². The van der Waals surface area contributed by atoms with Crippen LogP contribution in [0, 0.1) is 20.8 Å². The number of thiophene rings is 1. The molecule has 20 heavy (non-hydrogen) atoms. The Morgan fingerprint density at radius 1 is 1.40 bits per heavy atom. The van der Waals surface area contributed by atoms with Gasteiger partial charge < -0.3 is 10.4 Å². The number of carboxylic acids is 1. The molecule has 2 heterocycles. The molecular formula is C14H19N3O2S. The molecule has 0 spiro atoms. The zero-order valence-electron chi connectivity index (χ0n) is 12.1. The van der Waals surface area contributed by atoms with Gasteiger partial charge >= 0.3 is 5.97 Å². The van der Waals surface area contributed by atoms with Crippen LogP contribution in [-0.4, -0.2) is 20.9 Å². The molecule has 5 nitrogen and oxygen atoms in total. The van der Waals surface area contributed by atoms with Gasteiger partial charge in [0.15, 0.2) is 0 Å². The lowest BCUT2D eigenvalue weighted by Gasteiger charge is -2.05. The number of nitrogens with one attached hydrogen (secondary N) is 1. The van der Waals surface area contributed by atoms with Crippen LogP contribution in [0.4, 0.5) is 0 Å². The van der Waals surface area contributed by atoms with Gasteiger partial charge in [-0.15, -0.1) is 11.3 Å². The summed E-state index contributed by atoms with van der Waals surface area (Å²) in [4.78, 5) is 12.4. The number of aryl methyl sites for hydroxylation is 3. The third-order valence-corrected chi connectivity index (χ3v) is 4.59. The van der Waals surface area contributed by atoms with Gasteiger partial charge in [0.05, 0.1) is 5.69 Å². The lowest BCUT2D eigenvalue weighted by molar-refractivity contribution is 0.0702. The van der Waals surface area contributed by atoms with E-state index in [9.17, 15) is 4.79 Å². The molecule has 0 unspecified atom stereocenters. The van der Waals surface area contributed by atoms with Crippen LogP contribution in [0.25, 0.3) is 0 Å². The van der Waals surface area contributed by atoms with Crippen molar-refractivity contribution in [2.24, 2.45) is 7.05 Å². The van der Waals surface area contributed by atoms with Crippen molar-refractivity contribution in [2.75, 3.05) is 0 Å². The van der Waals surface area contributed by atoms with Crippen LogP contribution in [0.1, 0.15) is 37.1 Å². The normalized spacial score (nSPS) is 11.0. The van der Waals surface area contributed by atoms with Crippen molar-refractivity contribution in [3.8, 4) is 0 Å². The van der Waals surface area contributed by atoms with E-state index in [4.69, 9.17) is 5.11 Å². The third-order valence-electron chi connectivity index (χ3n) is 3.51. The molecule has 0 atom stereocenters. The van der Waals surface area contributed by atoms with Crippen LogP contribution >= 0.6 is 11.3 Å². The van der Waals surface area contributed by atoms with E-state index in [2.05, 4.69) is 17.3 Å². The highest BCUT2D eigenvalue weighted by Gasteiger charge is 2.12. The number of hydrogen-bond acceptors (Lipinski definition) is 4. The molecule has 6 heteroatoms. The zero-order valence-corrected chi connectivity index (χ0v) is 13.0. The molecule has 2 N–H and O–H groups in total. The Labute approximate surface area is 122 Å². The average Bonchev–Trinajstić information content (AvgIpc) is 2.85. The smallest absolute Gasteiger partial charge is 0.345 e. The van der Waals surface area contributed by atoms with Crippen LogP contribution in [0.3, 0.4) is 0 Å². The Balaban J connectivity index is 2.01. The first-order valence-electron chi connectivity index (χ1n) is 6.42. The van der Waals surface area contributed by atoms with Gasteiger partial charge in [0.25, 0.3) is 0 Å². The maximum Gasteiger partial charge on any atom is 0.345 e. The number of rotatable bonds is 5. The predicted molar refractivity (Wildman–Crippen MR) is 79.2 cm³/mol. The van der Waals surface area contributed by atoms with E-state index in [1.165, 1.54) is 16.9 Å². The molecule has 2 aromatic rings. The minimum Gasteiger partial charge on any atom is -0.477 e. The Morgan fingerprint density at radius 3 is 2.60 bits per heavy atom. The molecule has 0 amide bonds. The topological polar surface area (TPSA) is 67.2 Å². The van der Waals surface area contributed by atoms with Crippen LogP contribution < -0.4 is 5.32 Å². The predicted octanol–water partition coefficient (Wildman–Crippen LogP) is 2.39. The molecule has 0 aliphatic carbocycles. The fourth-order valence-corrected chi connectivity index (χ4v) is 3.08. The third kappa shape index (κ3) is 2.91. The summed E-state index contributed by atoms with van der Waals surface area (Å²) in [5.74, 6) is -0.858. The van der Waals surface area contributed by atoms with Crippen molar-refractivity contribution in [1.29, 1.82) is 0 Å². The summed E-state index contributed by atoms with van der Waals surface area (Å²) in [6, 6.07) is 1.75. The number of aromatic carboxylic acids is 1. The van der Waals surface area contributed by atoms with E-state index in [1.54, 1.807) is 6.07 Å². The second kappa shape index (κ2) is 5.76. The van der Waals surface area contributed by atoms with Crippen molar-refractivity contribution >= 4 is 17.3 Å². The molecule has 0 aliphatic heterocycles. The summed E-state index contributed by atoms with van der Waals surface area (Å²) in [6.45, 7) is 7.42. The molecule has 0 radical (unpaired) electrons. The van der Waals surface area contributed by atoms with E-state index >= 15 is 0 Å². The SMILES string of the molecule is Cc1nn(C)c(C)c1CNCc1cc(C(=O)O)sc1C. The lowest BCUT2D eigenvalue weighted by atomic mass is 10.2. The minimum absolute atomic E-state index is 0.396. The molecular weight excluding hydrogens is 274 g/mol. The van der Waals surface area contributed by atoms with Crippen LogP contribution in [0.15, 0.2) is 6.07 Å². The summed E-state index contributed by atoms with van der Waals surface area (Å²) < 4.78 is 1.88. The highest BCUT2D eigenvalue weighted by molar-refractivity contribution is 7.14. The monoisotopic (exact) mass is 293 g/mol. The van der Waals surface area contributed by atoms with Crippen molar-refractivity contribution in [3.05, 3.63) is 38.3 Å². The van der Waals surface area contributed by atoms with E-state index in [1.807, 2.05) is 25.6 Å². The summed E-state index contributed by atoms with van der Waals surface area (Å²) >= 11 is 1.32. The number of carbonyl (C=O) groups is 1. The summed E-state index contributed by atoms with van der Waals surface area (Å²) in [6.07, 6.45) is 0. The summed E-state index contributed by atoms with van der Waals surface area (Å²) in [7, 11) is 1.94. The molecule has 108 valence electrons.